The molecule has 0 unspecified atom stereocenters. The molecule has 0 radical (unpaired) electrons. The molecule has 5 aromatic rings. The van der Waals surface area contributed by atoms with Gasteiger partial charge in [0, 0.05) is 21.2 Å². The molecule has 0 N–H and O–H groups in total. The van der Waals surface area contributed by atoms with Gasteiger partial charge in [0.1, 0.15) is 6.61 Å². The van der Waals surface area contributed by atoms with Gasteiger partial charge in [0.15, 0.2) is 17.3 Å². The molecule has 1 heterocycles. The van der Waals surface area contributed by atoms with Crippen LogP contribution in [0.1, 0.15) is 18.1 Å². The lowest BCUT2D eigenvalue weighted by Crippen LogP contribution is -2.20. The number of ether oxygens (including phenoxy) is 2. The Bertz CT molecular complexity index is 1740. The number of nitrogens with zero attached hydrogens (tertiary/aromatic N) is 3. The van der Waals surface area contributed by atoms with Crippen molar-refractivity contribution in [3.63, 3.8) is 0 Å². The topological polar surface area (TPSA) is 65.7 Å². The fraction of sp³-hybridized carbons (Fsp3) is 0.100. The molecule has 6 nitrogen and oxygen atoms in total. The molecule has 0 saturated heterocycles. The second kappa shape index (κ2) is 12.2. The van der Waals surface area contributed by atoms with Crippen molar-refractivity contribution >= 4 is 62.9 Å². The third-order valence-electron chi connectivity index (χ3n) is 5.83. The van der Waals surface area contributed by atoms with Crippen LogP contribution in [0.3, 0.4) is 0 Å². The summed E-state index contributed by atoms with van der Waals surface area (Å²) < 4.78 is 14.2. The first-order chi connectivity index (χ1) is 18.9. The molecule has 0 amide bonds. The van der Waals surface area contributed by atoms with E-state index in [0.29, 0.717) is 44.9 Å². The number of rotatable bonds is 8. The molecule has 0 aliphatic carbocycles. The molecule has 0 aliphatic rings. The Morgan fingerprint density at radius 3 is 2.51 bits per heavy atom. The summed E-state index contributed by atoms with van der Waals surface area (Å²) in [6.07, 6.45) is 1.62. The molecular weight excluding hydrogens is 648 g/mol. The first-order valence-corrected chi connectivity index (χ1v) is 13.9. The summed E-state index contributed by atoms with van der Waals surface area (Å²) in [5, 5.41) is 6.16. The van der Waals surface area contributed by atoms with E-state index in [1.54, 1.807) is 24.4 Å². The minimum atomic E-state index is -0.254. The Labute approximate surface area is 249 Å². The van der Waals surface area contributed by atoms with Crippen LogP contribution in [-0.2, 0) is 6.61 Å². The highest BCUT2D eigenvalue weighted by Gasteiger charge is 2.15. The van der Waals surface area contributed by atoms with Gasteiger partial charge in [-0.15, -0.1) is 0 Å². The quantitative estimate of drug-likeness (QED) is 0.125. The molecule has 5 rings (SSSR count). The standard InChI is InChI=1S/C30H22Cl2IN3O3/c1-2-38-27-15-19(14-25(33)28(27)39-18-21-12-13-22(31)16-24(21)32)17-34-36-29(20-8-4-3-5-9-20)35-26-11-7-6-10-23(26)30(36)37/h3-17H,2,18H2,1H3. The third kappa shape index (κ3) is 6.11. The van der Waals surface area contributed by atoms with Crippen LogP contribution in [0.4, 0.5) is 0 Å². The van der Waals surface area contributed by atoms with E-state index in [4.69, 9.17) is 37.7 Å². The number of hydrogen-bond donors (Lipinski definition) is 0. The van der Waals surface area contributed by atoms with E-state index in [1.807, 2.05) is 73.7 Å². The lowest BCUT2D eigenvalue weighted by atomic mass is 10.2. The maximum atomic E-state index is 13.4. The van der Waals surface area contributed by atoms with Gasteiger partial charge in [0.05, 0.1) is 27.3 Å². The molecule has 4 aromatic carbocycles. The molecule has 196 valence electrons. The number of para-hydroxylation sites is 1. The van der Waals surface area contributed by atoms with Crippen LogP contribution in [0.2, 0.25) is 10.0 Å². The normalized spacial score (nSPS) is 11.3. The summed E-state index contributed by atoms with van der Waals surface area (Å²) in [4.78, 5) is 18.2. The van der Waals surface area contributed by atoms with E-state index in [2.05, 4.69) is 27.7 Å². The Kier molecular flexibility index (Phi) is 8.50. The van der Waals surface area contributed by atoms with E-state index < -0.39 is 0 Å². The van der Waals surface area contributed by atoms with Crippen molar-refractivity contribution in [3.05, 3.63) is 120 Å². The number of fused-ring (bicyclic) bond motifs is 1. The van der Waals surface area contributed by atoms with Crippen LogP contribution in [0, 0.1) is 3.57 Å². The average molecular weight is 670 g/mol. The summed E-state index contributed by atoms with van der Waals surface area (Å²) in [5.74, 6) is 1.61. The molecule has 1 aromatic heterocycles. The summed E-state index contributed by atoms with van der Waals surface area (Å²) in [5.41, 5.74) is 2.69. The van der Waals surface area contributed by atoms with Crippen LogP contribution < -0.4 is 15.0 Å². The maximum absolute atomic E-state index is 13.4. The van der Waals surface area contributed by atoms with Crippen molar-refractivity contribution < 1.29 is 9.47 Å². The number of halogens is 3. The van der Waals surface area contributed by atoms with Gasteiger partial charge in [-0.2, -0.15) is 9.78 Å². The maximum Gasteiger partial charge on any atom is 0.282 e. The van der Waals surface area contributed by atoms with Crippen molar-refractivity contribution in [2.45, 2.75) is 13.5 Å². The first-order valence-electron chi connectivity index (χ1n) is 12.1. The van der Waals surface area contributed by atoms with E-state index in [-0.39, 0.29) is 12.2 Å². The second-order valence-corrected chi connectivity index (χ2v) is 10.5. The predicted octanol–water partition coefficient (Wildman–Crippen LogP) is 7.83. The van der Waals surface area contributed by atoms with E-state index in [1.165, 1.54) is 4.68 Å². The van der Waals surface area contributed by atoms with Crippen LogP contribution >= 0.6 is 45.8 Å². The number of hydrogen-bond acceptors (Lipinski definition) is 5. The van der Waals surface area contributed by atoms with Gasteiger partial charge in [-0.3, -0.25) is 4.79 Å². The second-order valence-electron chi connectivity index (χ2n) is 8.47. The van der Waals surface area contributed by atoms with Gasteiger partial charge in [0.25, 0.3) is 5.56 Å². The summed E-state index contributed by atoms with van der Waals surface area (Å²) in [6, 6.07) is 25.8. The van der Waals surface area contributed by atoms with Gasteiger partial charge in [0.2, 0.25) is 0 Å². The zero-order valence-corrected chi connectivity index (χ0v) is 24.4. The van der Waals surface area contributed by atoms with Crippen LogP contribution in [0.25, 0.3) is 22.3 Å². The smallest absolute Gasteiger partial charge is 0.282 e. The first kappa shape index (κ1) is 27.2. The summed E-state index contributed by atoms with van der Waals surface area (Å²) >= 11 is 14.5. The Morgan fingerprint density at radius 1 is 0.974 bits per heavy atom. The van der Waals surface area contributed by atoms with Gasteiger partial charge < -0.3 is 9.47 Å². The Morgan fingerprint density at radius 2 is 1.74 bits per heavy atom. The van der Waals surface area contributed by atoms with Crippen LogP contribution in [0.5, 0.6) is 11.5 Å². The molecule has 39 heavy (non-hydrogen) atoms. The zero-order chi connectivity index (χ0) is 27.4. The average Bonchev–Trinajstić information content (AvgIpc) is 2.93. The molecular formula is C30H22Cl2IN3O3. The highest BCUT2D eigenvalue weighted by Crippen LogP contribution is 2.35. The van der Waals surface area contributed by atoms with Gasteiger partial charge in [-0.1, -0.05) is 71.7 Å². The lowest BCUT2D eigenvalue weighted by molar-refractivity contribution is 0.267. The summed E-state index contributed by atoms with van der Waals surface area (Å²) in [7, 11) is 0. The van der Waals surface area contributed by atoms with E-state index in [9.17, 15) is 4.79 Å². The van der Waals surface area contributed by atoms with Crippen molar-refractivity contribution in [2.75, 3.05) is 6.61 Å². The third-order valence-corrected chi connectivity index (χ3v) is 7.22. The molecule has 0 atom stereocenters. The molecule has 0 bridgehead atoms. The number of benzene rings is 4. The molecule has 9 heteroatoms. The highest BCUT2D eigenvalue weighted by atomic mass is 127. The van der Waals surface area contributed by atoms with Crippen molar-refractivity contribution in [2.24, 2.45) is 5.10 Å². The zero-order valence-electron chi connectivity index (χ0n) is 20.8. The molecule has 0 aliphatic heterocycles. The van der Waals surface area contributed by atoms with Gasteiger partial charge in [-0.25, -0.2) is 4.98 Å². The predicted molar refractivity (Wildman–Crippen MR) is 166 cm³/mol. The highest BCUT2D eigenvalue weighted by molar-refractivity contribution is 14.1. The van der Waals surface area contributed by atoms with E-state index >= 15 is 0 Å². The SMILES string of the molecule is CCOc1cc(C=Nn2c(-c3ccccc3)nc3ccccc3c2=O)cc(I)c1OCc1ccc(Cl)cc1Cl. The minimum absolute atomic E-state index is 0.248. The molecule has 0 spiro atoms. The van der Waals surface area contributed by atoms with Crippen LogP contribution in [0.15, 0.2) is 94.8 Å². The minimum Gasteiger partial charge on any atom is -0.490 e. The van der Waals surface area contributed by atoms with Gasteiger partial charge >= 0.3 is 0 Å². The Balaban J connectivity index is 1.52. The fourth-order valence-electron chi connectivity index (χ4n) is 3.98. The fourth-order valence-corrected chi connectivity index (χ4v) is 5.23. The van der Waals surface area contributed by atoms with Gasteiger partial charge in [-0.05, 0) is 71.5 Å². The monoisotopic (exact) mass is 669 g/mol. The lowest BCUT2D eigenvalue weighted by Gasteiger charge is -2.15. The Hall–Kier alpha value is -3.40. The van der Waals surface area contributed by atoms with Crippen LogP contribution in [-0.4, -0.2) is 22.5 Å². The summed E-state index contributed by atoms with van der Waals surface area (Å²) in [6.45, 7) is 2.60. The van der Waals surface area contributed by atoms with Crippen molar-refractivity contribution in [1.29, 1.82) is 0 Å². The van der Waals surface area contributed by atoms with Crippen molar-refractivity contribution in [3.8, 4) is 22.9 Å². The molecule has 0 saturated carbocycles. The van der Waals surface area contributed by atoms with Crippen molar-refractivity contribution in [1.82, 2.24) is 9.66 Å². The van der Waals surface area contributed by atoms with E-state index in [0.717, 1.165) is 20.3 Å². The largest absolute Gasteiger partial charge is 0.490 e. The number of aromatic nitrogens is 2. The molecule has 0 fully saturated rings.